The molecule has 0 bridgehead atoms. The first kappa shape index (κ1) is 24.3. The molecule has 180 valence electrons. The standard InChI is InChI=1S/C26H26N4O4S/c1-26(2,3)34-25(31)28(4)19-11-12-20-22(14-19)29(16-18-8-7-13-27-15-18)17-24(20)35-23-10-6-5-9-21(23)30(32)33/h5-15,17H,16H2,1-4H3. The van der Waals surface area contributed by atoms with Crippen molar-refractivity contribution < 1.29 is 14.5 Å². The van der Waals surface area contributed by atoms with Crippen LogP contribution in [0.3, 0.4) is 0 Å². The van der Waals surface area contributed by atoms with Crippen LogP contribution in [-0.2, 0) is 11.3 Å². The quantitative estimate of drug-likeness (QED) is 0.226. The van der Waals surface area contributed by atoms with Gasteiger partial charge in [0, 0.05) is 54.2 Å². The molecule has 2 aromatic carbocycles. The van der Waals surface area contributed by atoms with Crippen molar-refractivity contribution >= 4 is 40.1 Å². The van der Waals surface area contributed by atoms with E-state index in [0.29, 0.717) is 17.1 Å². The smallest absolute Gasteiger partial charge is 0.414 e. The molecule has 0 spiro atoms. The van der Waals surface area contributed by atoms with Gasteiger partial charge in [-0.1, -0.05) is 30.0 Å². The first-order valence-corrected chi connectivity index (χ1v) is 11.8. The van der Waals surface area contributed by atoms with Crippen LogP contribution in [0.5, 0.6) is 0 Å². The summed E-state index contributed by atoms with van der Waals surface area (Å²) in [5.74, 6) is 0. The van der Waals surface area contributed by atoms with E-state index in [1.54, 1.807) is 37.6 Å². The molecule has 2 aromatic heterocycles. The Kier molecular flexibility index (Phi) is 6.79. The number of nitro benzene ring substituents is 1. The second-order valence-corrected chi connectivity index (χ2v) is 10.1. The number of rotatable bonds is 6. The highest BCUT2D eigenvalue weighted by molar-refractivity contribution is 7.99. The number of carbonyl (C=O) groups excluding carboxylic acids is 1. The van der Waals surface area contributed by atoms with E-state index in [4.69, 9.17) is 4.74 Å². The summed E-state index contributed by atoms with van der Waals surface area (Å²) >= 11 is 1.35. The highest BCUT2D eigenvalue weighted by atomic mass is 32.2. The Morgan fingerprint density at radius 2 is 1.91 bits per heavy atom. The number of carbonyl (C=O) groups is 1. The number of ether oxygens (including phenoxy) is 1. The lowest BCUT2D eigenvalue weighted by molar-refractivity contribution is -0.387. The third kappa shape index (κ3) is 5.63. The van der Waals surface area contributed by atoms with E-state index < -0.39 is 11.7 Å². The number of hydrogen-bond donors (Lipinski definition) is 0. The zero-order valence-electron chi connectivity index (χ0n) is 20.0. The lowest BCUT2D eigenvalue weighted by Crippen LogP contribution is -2.34. The van der Waals surface area contributed by atoms with Gasteiger partial charge in [0.25, 0.3) is 5.69 Å². The normalized spacial score (nSPS) is 11.4. The molecule has 0 atom stereocenters. The number of anilines is 1. The van der Waals surface area contributed by atoms with Gasteiger partial charge in [0.05, 0.1) is 15.3 Å². The molecular weight excluding hydrogens is 464 g/mol. The first-order valence-electron chi connectivity index (χ1n) is 11.0. The minimum absolute atomic E-state index is 0.0620. The Morgan fingerprint density at radius 1 is 1.14 bits per heavy atom. The molecule has 1 amide bonds. The minimum Gasteiger partial charge on any atom is -0.443 e. The monoisotopic (exact) mass is 490 g/mol. The fraction of sp³-hybridized carbons (Fsp3) is 0.231. The van der Waals surface area contributed by atoms with Gasteiger partial charge < -0.3 is 9.30 Å². The van der Waals surface area contributed by atoms with Crippen molar-refractivity contribution in [3.8, 4) is 0 Å². The van der Waals surface area contributed by atoms with Crippen LogP contribution in [0.25, 0.3) is 10.9 Å². The van der Waals surface area contributed by atoms with Crippen molar-refractivity contribution in [3.63, 3.8) is 0 Å². The fourth-order valence-electron chi connectivity index (χ4n) is 3.60. The largest absolute Gasteiger partial charge is 0.443 e. The molecule has 0 unspecified atom stereocenters. The molecule has 8 nitrogen and oxygen atoms in total. The Hall–Kier alpha value is -3.85. The number of fused-ring (bicyclic) bond motifs is 1. The Morgan fingerprint density at radius 3 is 2.60 bits per heavy atom. The number of benzene rings is 2. The molecule has 4 rings (SSSR count). The molecule has 2 heterocycles. The highest BCUT2D eigenvalue weighted by Crippen LogP contribution is 2.40. The lowest BCUT2D eigenvalue weighted by Gasteiger charge is -2.24. The molecule has 0 N–H and O–H groups in total. The number of amides is 1. The molecule has 0 saturated heterocycles. The zero-order valence-corrected chi connectivity index (χ0v) is 20.8. The van der Waals surface area contributed by atoms with Crippen molar-refractivity contribution in [2.75, 3.05) is 11.9 Å². The van der Waals surface area contributed by atoms with Crippen LogP contribution in [0.15, 0.2) is 83.0 Å². The van der Waals surface area contributed by atoms with Crippen LogP contribution in [0.2, 0.25) is 0 Å². The van der Waals surface area contributed by atoms with E-state index in [-0.39, 0.29) is 10.6 Å². The van der Waals surface area contributed by atoms with Crippen LogP contribution in [0, 0.1) is 10.1 Å². The molecule has 0 aliphatic heterocycles. The second-order valence-electron chi connectivity index (χ2n) is 9.05. The summed E-state index contributed by atoms with van der Waals surface area (Å²) in [6.45, 7) is 6.04. The summed E-state index contributed by atoms with van der Waals surface area (Å²) in [5, 5.41) is 12.5. The maximum absolute atomic E-state index is 12.6. The summed E-state index contributed by atoms with van der Waals surface area (Å²) in [4.78, 5) is 30.9. The van der Waals surface area contributed by atoms with Gasteiger partial charge in [0.2, 0.25) is 0 Å². The second kappa shape index (κ2) is 9.79. The van der Waals surface area contributed by atoms with Gasteiger partial charge in [0.1, 0.15) is 5.60 Å². The number of aromatic nitrogens is 2. The summed E-state index contributed by atoms with van der Waals surface area (Å²) in [5.41, 5.74) is 2.04. The van der Waals surface area contributed by atoms with Gasteiger partial charge in [-0.25, -0.2) is 4.79 Å². The van der Waals surface area contributed by atoms with E-state index in [1.165, 1.54) is 22.7 Å². The van der Waals surface area contributed by atoms with Crippen LogP contribution in [0.1, 0.15) is 26.3 Å². The third-order valence-corrected chi connectivity index (χ3v) is 6.35. The molecule has 0 aliphatic carbocycles. The van der Waals surface area contributed by atoms with Crippen LogP contribution in [0.4, 0.5) is 16.2 Å². The fourth-order valence-corrected chi connectivity index (χ4v) is 4.70. The average molecular weight is 491 g/mol. The van der Waals surface area contributed by atoms with E-state index in [1.807, 2.05) is 57.3 Å². The van der Waals surface area contributed by atoms with Crippen molar-refractivity contribution in [2.24, 2.45) is 0 Å². The SMILES string of the molecule is CN(C(=O)OC(C)(C)C)c1ccc2c(Sc3ccccc3[N+](=O)[O-])cn(Cc3cccnc3)c2c1. The van der Waals surface area contributed by atoms with Crippen LogP contribution >= 0.6 is 11.8 Å². The van der Waals surface area contributed by atoms with Crippen molar-refractivity contribution in [2.45, 2.75) is 42.7 Å². The van der Waals surface area contributed by atoms with E-state index in [2.05, 4.69) is 9.55 Å². The Balaban J connectivity index is 1.77. The molecule has 4 aromatic rings. The summed E-state index contributed by atoms with van der Waals surface area (Å²) in [7, 11) is 1.67. The van der Waals surface area contributed by atoms with E-state index >= 15 is 0 Å². The maximum Gasteiger partial charge on any atom is 0.414 e. The van der Waals surface area contributed by atoms with Crippen molar-refractivity contribution in [3.05, 3.63) is 88.9 Å². The van der Waals surface area contributed by atoms with Crippen LogP contribution < -0.4 is 4.90 Å². The molecule has 0 fully saturated rings. The van der Waals surface area contributed by atoms with Gasteiger partial charge in [0.15, 0.2) is 0 Å². The summed E-state index contributed by atoms with van der Waals surface area (Å²) < 4.78 is 7.58. The Bertz CT molecular complexity index is 1380. The topological polar surface area (TPSA) is 90.5 Å². The number of nitrogens with zero attached hydrogens (tertiary/aromatic N) is 4. The maximum atomic E-state index is 12.6. The molecule has 0 aliphatic rings. The van der Waals surface area contributed by atoms with Gasteiger partial charge in [-0.2, -0.15) is 0 Å². The van der Waals surface area contributed by atoms with Crippen molar-refractivity contribution in [1.82, 2.24) is 9.55 Å². The summed E-state index contributed by atoms with van der Waals surface area (Å²) in [6, 6.07) is 16.3. The zero-order chi connectivity index (χ0) is 25.2. The summed E-state index contributed by atoms with van der Waals surface area (Å²) in [6.07, 6.45) is 5.06. The average Bonchev–Trinajstić information content (AvgIpc) is 3.14. The van der Waals surface area contributed by atoms with E-state index in [0.717, 1.165) is 21.4 Å². The predicted molar refractivity (Wildman–Crippen MR) is 137 cm³/mol. The lowest BCUT2D eigenvalue weighted by atomic mass is 10.2. The number of pyridine rings is 1. The third-order valence-electron chi connectivity index (χ3n) is 5.24. The van der Waals surface area contributed by atoms with Gasteiger partial charge in [-0.3, -0.25) is 20.0 Å². The number of nitro groups is 1. The molecule has 0 radical (unpaired) electrons. The minimum atomic E-state index is -0.607. The molecule has 9 heteroatoms. The van der Waals surface area contributed by atoms with E-state index in [9.17, 15) is 14.9 Å². The highest BCUT2D eigenvalue weighted by Gasteiger charge is 2.22. The van der Waals surface area contributed by atoms with Crippen LogP contribution in [-0.4, -0.2) is 33.2 Å². The molecular formula is C26H26N4O4S. The molecule has 0 saturated carbocycles. The van der Waals surface area contributed by atoms with Gasteiger partial charge in [-0.05, 0) is 56.7 Å². The van der Waals surface area contributed by atoms with Gasteiger partial charge in [-0.15, -0.1) is 0 Å². The number of para-hydroxylation sites is 1. The first-order chi connectivity index (χ1) is 16.6. The van der Waals surface area contributed by atoms with Gasteiger partial charge >= 0.3 is 6.09 Å². The van der Waals surface area contributed by atoms with Crippen molar-refractivity contribution in [1.29, 1.82) is 0 Å². The number of hydrogen-bond acceptors (Lipinski definition) is 6. The predicted octanol–water partition coefficient (Wildman–Crippen LogP) is 6.52. The molecule has 35 heavy (non-hydrogen) atoms. The Labute approximate surface area is 207 Å².